The van der Waals surface area contributed by atoms with Crippen LogP contribution in [0.25, 0.3) is 0 Å². The molecular formula is C14H21NO3. The molecule has 0 bridgehead atoms. The Labute approximate surface area is 108 Å². The number of ether oxygens (including phenoxy) is 1. The van der Waals surface area contributed by atoms with Crippen LogP contribution in [-0.4, -0.2) is 29.8 Å². The minimum absolute atomic E-state index is 0.0258. The third kappa shape index (κ3) is 4.37. The van der Waals surface area contributed by atoms with Gasteiger partial charge in [-0.05, 0) is 31.9 Å². The lowest BCUT2D eigenvalue weighted by molar-refractivity contribution is -0.128. The highest BCUT2D eigenvalue weighted by Gasteiger charge is 2.19. The van der Waals surface area contributed by atoms with E-state index in [0.717, 1.165) is 0 Å². The maximum absolute atomic E-state index is 11.9. The summed E-state index contributed by atoms with van der Waals surface area (Å²) in [6.45, 7) is 5.51. The van der Waals surface area contributed by atoms with Crippen LogP contribution in [0.4, 0.5) is 0 Å². The highest BCUT2D eigenvalue weighted by molar-refractivity contribution is 5.81. The van der Waals surface area contributed by atoms with Gasteiger partial charge in [0.15, 0.2) is 6.10 Å². The second kappa shape index (κ2) is 7.01. The molecule has 3 unspecified atom stereocenters. The maximum Gasteiger partial charge on any atom is 0.260 e. The zero-order valence-corrected chi connectivity index (χ0v) is 11.1. The molecule has 0 spiro atoms. The molecule has 1 aromatic carbocycles. The van der Waals surface area contributed by atoms with Gasteiger partial charge in [-0.25, -0.2) is 0 Å². The molecule has 0 aliphatic heterocycles. The van der Waals surface area contributed by atoms with Crippen molar-refractivity contribution in [3.63, 3.8) is 0 Å². The number of nitrogens with one attached hydrogen (secondary N) is 1. The molecule has 1 aromatic rings. The number of hydrogen-bond donors (Lipinski definition) is 2. The molecule has 0 saturated carbocycles. The van der Waals surface area contributed by atoms with Crippen molar-refractivity contribution in [1.82, 2.24) is 5.32 Å². The Balaban J connectivity index is 2.47. The Kier molecular flexibility index (Phi) is 5.65. The van der Waals surface area contributed by atoms with Gasteiger partial charge in [0.25, 0.3) is 5.91 Å². The van der Waals surface area contributed by atoms with Crippen LogP contribution in [0.2, 0.25) is 0 Å². The van der Waals surface area contributed by atoms with Crippen LogP contribution >= 0.6 is 0 Å². The van der Waals surface area contributed by atoms with Gasteiger partial charge in [-0.1, -0.05) is 25.1 Å². The van der Waals surface area contributed by atoms with Crippen molar-refractivity contribution in [3.05, 3.63) is 30.3 Å². The first-order chi connectivity index (χ1) is 8.54. The van der Waals surface area contributed by atoms with Crippen molar-refractivity contribution in [2.75, 3.05) is 6.61 Å². The number of hydrogen-bond acceptors (Lipinski definition) is 3. The molecule has 0 saturated heterocycles. The van der Waals surface area contributed by atoms with Gasteiger partial charge in [-0.15, -0.1) is 0 Å². The molecule has 18 heavy (non-hydrogen) atoms. The first-order valence-electron chi connectivity index (χ1n) is 6.17. The minimum atomic E-state index is -0.555. The fourth-order valence-electron chi connectivity index (χ4n) is 1.40. The van der Waals surface area contributed by atoms with Crippen LogP contribution in [-0.2, 0) is 4.79 Å². The Bertz CT molecular complexity index is 367. The van der Waals surface area contributed by atoms with Crippen molar-refractivity contribution in [1.29, 1.82) is 0 Å². The van der Waals surface area contributed by atoms with E-state index in [-0.39, 0.29) is 24.5 Å². The van der Waals surface area contributed by atoms with Crippen molar-refractivity contribution in [2.45, 2.75) is 32.9 Å². The van der Waals surface area contributed by atoms with Crippen LogP contribution in [0.15, 0.2) is 30.3 Å². The van der Waals surface area contributed by atoms with Gasteiger partial charge in [0, 0.05) is 12.6 Å². The van der Waals surface area contributed by atoms with E-state index in [2.05, 4.69) is 5.32 Å². The first kappa shape index (κ1) is 14.5. The number of carbonyl (C=O) groups excluding carboxylic acids is 1. The lowest BCUT2D eigenvalue weighted by Gasteiger charge is -2.22. The largest absolute Gasteiger partial charge is 0.481 e. The molecule has 0 fully saturated rings. The maximum atomic E-state index is 11.9. The van der Waals surface area contributed by atoms with Crippen LogP contribution in [0, 0.1) is 5.92 Å². The number of carbonyl (C=O) groups is 1. The number of benzene rings is 1. The monoisotopic (exact) mass is 251 g/mol. The molecule has 3 atom stereocenters. The van der Waals surface area contributed by atoms with Gasteiger partial charge >= 0.3 is 0 Å². The average molecular weight is 251 g/mol. The summed E-state index contributed by atoms with van der Waals surface area (Å²) in [6.07, 6.45) is -0.555. The van der Waals surface area contributed by atoms with E-state index < -0.39 is 6.10 Å². The summed E-state index contributed by atoms with van der Waals surface area (Å²) >= 11 is 0. The SMILES string of the molecule is CC(Oc1ccccc1)C(=O)NC(C)C(C)CO. The molecular weight excluding hydrogens is 230 g/mol. The van der Waals surface area contributed by atoms with E-state index in [0.29, 0.717) is 5.75 Å². The molecule has 4 nitrogen and oxygen atoms in total. The summed E-state index contributed by atoms with van der Waals surface area (Å²) in [6, 6.07) is 9.15. The van der Waals surface area contributed by atoms with E-state index in [4.69, 9.17) is 9.84 Å². The van der Waals surface area contributed by atoms with Crippen molar-refractivity contribution < 1.29 is 14.6 Å². The van der Waals surface area contributed by atoms with Gasteiger partial charge in [0.05, 0.1) is 0 Å². The Morgan fingerprint density at radius 1 is 1.28 bits per heavy atom. The zero-order chi connectivity index (χ0) is 13.5. The molecule has 1 amide bonds. The first-order valence-corrected chi connectivity index (χ1v) is 6.17. The lowest BCUT2D eigenvalue weighted by atomic mass is 10.1. The van der Waals surface area contributed by atoms with Crippen LogP contribution in [0.5, 0.6) is 5.75 Å². The average Bonchev–Trinajstić information content (AvgIpc) is 2.38. The molecule has 0 aromatic heterocycles. The molecule has 0 heterocycles. The van der Waals surface area contributed by atoms with E-state index in [1.165, 1.54) is 0 Å². The summed E-state index contributed by atoms with van der Waals surface area (Å²) in [7, 11) is 0. The summed E-state index contributed by atoms with van der Waals surface area (Å²) in [5.41, 5.74) is 0. The number of rotatable bonds is 6. The number of aliphatic hydroxyl groups excluding tert-OH is 1. The fourth-order valence-corrected chi connectivity index (χ4v) is 1.40. The molecule has 0 aliphatic carbocycles. The molecule has 100 valence electrons. The predicted octanol–water partition coefficient (Wildman–Crippen LogP) is 1.59. The third-order valence-electron chi connectivity index (χ3n) is 2.94. The standard InChI is InChI=1S/C14H21NO3/c1-10(9-16)11(2)15-14(17)12(3)18-13-7-5-4-6-8-13/h4-8,10-12,16H,9H2,1-3H3,(H,15,17). The van der Waals surface area contributed by atoms with E-state index in [9.17, 15) is 4.79 Å². The van der Waals surface area contributed by atoms with Crippen LogP contribution < -0.4 is 10.1 Å². The van der Waals surface area contributed by atoms with E-state index >= 15 is 0 Å². The summed E-state index contributed by atoms with van der Waals surface area (Å²) < 4.78 is 5.52. The normalized spacial score (nSPS) is 15.6. The highest BCUT2D eigenvalue weighted by Crippen LogP contribution is 2.11. The Morgan fingerprint density at radius 3 is 2.44 bits per heavy atom. The van der Waals surface area contributed by atoms with Crippen LogP contribution in [0.3, 0.4) is 0 Å². The second-order valence-electron chi connectivity index (χ2n) is 4.53. The number of aliphatic hydroxyl groups is 1. The quantitative estimate of drug-likeness (QED) is 0.807. The molecule has 0 aliphatic rings. The molecule has 2 N–H and O–H groups in total. The summed E-state index contributed by atoms with van der Waals surface area (Å²) in [5.74, 6) is 0.521. The van der Waals surface area contributed by atoms with Gasteiger partial charge in [0.1, 0.15) is 5.75 Å². The number of para-hydroxylation sites is 1. The lowest BCUT2D eigenvalue weighted by Crippen LogP contribution is -2.44. The molecule has 0 radical (unpaired) electrons. The number of amides is 1. The Hall–Kier alpha value is -1.55. The van der Waals surface area contributed by atoms with Crippen LogP contribution in [0.1, 0.15) is 20.8 Å². The third-order valence-corrected chi connectivity index (χ3v) is 2.94. The van der Waals surface area contributed by atoms with Crippen molar-refractivity contribution >= 4 is 5.91 Å². The second-order valence-corrected chi connectivity index (χ2v) is 4.53. The molecule has 4 heteroatoms. The fraction of sp³-hybridized carbons (Fsp3) is 0.500. The minimum Gasteiger partial charge on any atom is -0.481 e. The van der Waals surface area contributed by atoms with E-state index in [1.807, 2.05) is 44.2 Å². The zero-order valence-electron chi connectivity index (χ0n) is 11.1. The molecule has 1 rings (SSSR count). The van der Waals surface area contributed by atoms with Gasteiger partial charge in [-0.3, -0.25) is 4.79 Å². The van der Waals surface area contributed by atoms with Crippen molar-refractivity contribution in [3.8, 4) is 5.75 Å². The van der Waals surface area contributed by atoms with Gasteiger partial charge in [0.2, 0.25) is 0 Å². The Morgan fingerprint density at radius 2 is 1.89 bits per heavy atom. The summed E-state index contributed by atoms with van der Waals surface area (Å²) in [5, 5.41) is 11.8. The van der Waals surface area contributed by atoms with Gasteiger partial charge < -0.3 is 15.2 Å². The highest BCUT2D eigenvalue weighted by atomic mass is 16.5. The summed E-state index contributed by atoms with van der Waals surface area (Å²) in [4.78, 5) is 11.9. The topological polar surface area (TPSA) is 58.6 Å². The smallest absolute Gasteiger partial charge is 0.260 e. The van der Waals surface area contributed by atoms with Crippen molar-refractivity contribution in [2.24, 2.45) is 5.92 Å². The van der Waals surface area contributed by atoms with E-state index in [1.54, 1.807) is 6.92 Å². The van der Waals surface area contributed by atoms with Gasteiger partial charge in [-0.2, -0.15) is 0 Å². The predicted molar refractivity (Wildman–Crippen MR) is 70.4 cm³/mol.